The molecule has 0 aromatic carbocycles. The van der Waals surface area contributed by atoms with Gasteiger partial charge in [-0.15, -0.1) is 0 Å². The number of oxime groups is 1. The van der Waals surface area contributed by atoms with Crippen molar-refractivity contribution in [2.24, 2.45) is 35.7 Å². The summed E-state index contributed by atoms with van der Waals surface area (Å²) in [6, 6.07) is 0. The number of nitrogens with zero attached hydrogens (tertiary/aromatic N) is 3. The van der Waals surface area contributed by atoms with Gasteiger partial charge in [0.05, 0.1) is 11.8 Å². The fourth-order valence-corrected chi connectivity index (χ4v) is 5.36. The van der Waals surface area contributed by atoms with E-state index < -0.39 is 0 Å². The fraction of sp³-hybridized carbons (Fsp3) is 0.706. The molecule has 1 amide bonds. The normalized spacial score (nSPS) is 34.4. The summed E-state index contributed by atoms with van der Waals surface area (Å²) < 4.78 is 1.64. The van der Waals surface area contributed by atoms with E-state index in [1.54, 1.807) is 24.1 Å². The third kappa shape index (κ3) is 2.99. The van der Waals surface area contributed by atoms with Gasteiger partial charge in [0.15, 0.2) is 12.4 Å². The lowest BCUT2D eigenvalue weighted by atomic mass is 9.53. The molecule has 4 bridgehead atoms. The number of carbonyl (C=O) groups excluding carboxylic acids is 1. The minimum atomic E-state index is -0.0975. The van der Waals surface area contributed by atoms with E-state index in [2.05, 4.69) is 15.6 Å². The van der Waals surface area contributed by atoms with Gasteiger partial charge in [0, 0.05) is 18.8 Å². The van der Waals surface area contributed by atoms with Crippen LogP contribution in [0.25, 0.3) is 0 Å². The maximum Gasteiger partial charge on any atom is 0.261 e. The average molecular weight is 331 g/mol. The Morgan fingerprint density at radius 2 is 2.00 bits per heavy atom. The lowest BCUT2D eigenvalue weighted by Gasteiger charge is -2.56. The average Bonchev–Trinajstić information content (AvgIpc) is 2.91. The molecule has 3 N–H and O–H groups in total. The largest absolute Gasteiger partial charge is 0.384 e. The third-order valence-electron chi connectivity index (χ3n) is 5.80. The van der Waals surface area contributed by atoms with Crippen molar-refractivity contribution < 1.29 is 9.63 Å². The van der Waals surface area contributed by atoms with Crippen LogP contribution in [0.2, 0.25) is 0 Å². The van der Waals surface area contributed by atoms with Crippen LogP contribution >= 0.6 is 0 Å². The number of nitrogens with two attached hydrogens (primary N) is 1. The highest BCUT2D eigenvalue weighted by atomic mass is 16.6. The summed E-state index contributed by atoms with van der Waals surface area (Å²) >= 11 is 0. The Balaban J connectivity index is 1.31. The number of amidine groups is 1. The summed E-state index contributed by atoms with van der Waals surface area (Å²) in [5.74, 6) is 2.54. The minimum Gasteiger partial charge on any atom is -0.384 e. The number of rotatable bonds is 5. The second kappa shape index (κ2) is 5.79. The molecule has 4 saturated carbocycles. The van der Waals surface area contributed by atoms with Crippen LogP contribution in [0.5, 0.6) is 0 Å². The van der Waals surface area contributed by atoms with E-state index in [4.69, 9.17) is 10.6 Å². The van der Waals surface area contributed by atoms with Crippen LogP contribution in [0.1, 0.15) is 44.1 Å². The summed E-state index contributed by atoms with van der Waals surface area (Å²) in [5, 5.41) is 11.1. The van der Waals surface area contributed by atoms with Gasteiger partial charge in [-0.05, 0) is 56.3 Å². The van der Waals surface area contributed by atoms with Crippen LogP contribution in [-0.2, 0) is 16.7 Å². The first-order valence-electron chi connectivity index (χ1n) is 8.77. The molecule has 1 aromatic heterocycles. The molecule has 4 aliphatic rings. The molecule has 4 aliphatic carbocycles. The predicted molar refractivity (Wildman–Crippen MR) is 88.9 cm³/mol. The van der Waals surface area contributed by atoms with Crippen molar-refractivity contribution in [1.29, 1.82) is 0 Å². The Hall–Kier alpha value is -2.05. The highest BCUT2D eigenvalue weighted by Gasteiger charge is 2.51. The van der Waals surface area contributed by atoms with Crippen molar-refractivity contribution in [3.05, 3.63) is 18.0 Å². The van der Waals surface area contributed by atoms with E-state index >= 15 is 0 Å². The number of carbonyl (C=O) groups is 1. The number of amides is 1. The summed E-state index contributed by atoms with van der Waals surface area (Å²) in [4.78, 5) is 17.4. The van der Waals surface area contributed by atoms with Crippen LogP contribution in [0.15, 0.2) is 17.5 Å². The zero-order valence-electron chi connectivity index (χ0n) is 14.1. The lowest BCUT2D eigenvalue weighted by Crippen LogP contribution is -2.60. The molecule has 0 unspecified atom stereocenters. The van der Waals surface area contributed by atoms with Gasteiger partial charge in [0.25, 0.3) is 5.91 Å². The van der Waals surface area contributed by atoms with Crippen molar-refractivity contribution in [2.75, 3.05) is 6.61 Å². The number of hydrogen-bond donors (Lipinski definition) is 2. The smallest absolute Gasteiger partial charge is 0.261 e. The molecule has 0 atom stereocenters. The van der Waals surface area contributed by atoms with Crippen molar-refractivity contribution >= 4 is 11.7 Å². The number of hydrogen-bond acceptors (Lipinski definition) is 4. The van der Waals surface area contributed by atoms with E-state index in [0.29, 0.717) is 5.56 Å². The maximum absolute atomic E-state index is 12.3. The quantitative estimate of drug-likeness (QED) is 0.480. The van der Waals surface area contributed by atoms with E-state index in [1.807, 2.05) is 0 Å². The first-order chi connectivity index (χ1) is 11.5. The van der Waals surface area contributed by atoms with Gasteiger partial charge in [-0.2, -0.15) is 5.10 Å². The highest BCUT2D eigenvalue weighted by Crippen LogP contribution is 2.55. The number of aromatic nitrogens is 2. The Morgan fingerprint density at radius 1 is 1.38 bits per heavy atom. The van der Waals surface area contributed by atoms with Crippen LogP contribution in [0.3, 0.4) is 0 Å². The van der Waals surface area contributed by atoms with Gasteiger partial charge < -0.3 is 15.9 Å². The third-order valence-corrected chi connectivity index (χ3v) is 5.80. The zero-order chi connectivity index (χ0) is 16.7. The minimum absolute atomic E-state index is 0.00774. The summed E-state index contributed by atoms with van der Waals surface area (Å²) in [7, 11) is 1.80. The molecule has 0 radical (unpaired) electrons. The Kier molecular flexibility index (Phi) is 3.73. The van der Waals surface area contributed by atoms with E-state index in [-0.39, 0.29) is 23.9 Å². The SMILES string of the molecule is Cn1cc(/C(N)=N/OCC(=O)NC23CC4CC(CC(C4)C2)C3)cn1. The zero-order valence-corrected chi connectivity index (χ0v) is 14.1. The summed E-state index contributed by atoms with van der Waals surface area (Å²) in [6.07, 6.45) is 10.8. The highest BCUT2D eigenvalue weighted by molar-refractivity contribution is 5.96. The molecule has 0 saturated heterocycles. The predicted octanol–water partition coefficient (Wildman–Crippen LogP) is 1.14. The van der Waals surface area contributed by atoms with E-state index in [9.17, 15) is 4.79 Å². The van der Waals surface area contributed by atoms with E-state index in [1.165, 1.54) is 19.3 Å². The first kappa shape index (κ1) is 15.5. The van der Waals surface area contributed by atoms with Crippen LogP contribution in [-0.4, -0.2) is 33.7 Å². The lowest BCUT2D eigenvalue weighted by molar-refractivity contribution is -0.131. The van der Waals surface area contributed by atoms with Crippen LogP contribution in [0, 0.1) is 17.8 Å². The molecule has 0 spiro atoms. The fourth-order valence-electron chi connectivity index (χ4n) is 5.36. The van der Waals surface area contributed by atoms with Gasteiger partial charge in [-0.1, -0.05) is 5.16 Å². The van der Waals surface area contributed by atoms with E-state index in [0.717, 1.165) is 37.0 Å². The summed E-state index contributed by atoms with van der Waals surface area (Å²) in [6.45, 7) is -0.0945. The Bertz CT molecular complexity index is 630. The number of aryl methyl sites for hydroxylation is 1. The molecule has 130 valence electrons. The molecule has 7 heteroatoms. The van der Waals surface area contributed by atoms with Crippen molar-refractivity contribution in [1.82, 2.24) is 15.1 Å². The molecule has 1 aromatic rings. The number of nitrogens with one attached hydrogen (secondary N) is 1. The Labute approximate surface area is 141 Å². The molecule has 24 heavy (non-hydrogen) atoms. The molecule has 7 nitrogen and oxygen atoms in total. The van der Waals surface area contributed by atoms with Crippen molar-refractivity contribution in [2.45, 2.75) is 44.1 Å². The maximum atomic E-state index is 12.3. The summed E-state index contributed by atoms with van der Waals surface area (Å²) in [5.41, 5.74) is 6.51. The van der Waals surface area contributed by atoms with Gasteiger partial charge in [-0.25, -0.2) is 0 Å². The van der Waals surface area contributed by atoms with Gasteiger partial charge in [0.1, 0.15) is 0 Å². The molecule has 1 heterocycles. The monoisotopic (exact) mass is 331 g/mol. The molecular weight excluding hydrogens is 306 g/mol. The van der Waals surface area contributed by atoms with Crippen molar-refractivity contribution in [3.8, 4) is 0 Å². The molecule has 0 aliphatic heterocycles. The molecule has 4 fully saturated rings. The molecular formula is C17H25N5O2. The van der Waals surface area contributed by atoms with Crippen molar-refractivity contribution in [3.63, 3.8) is 0 Å². The topological polar surface area (TPSA) is 94.5 Å². The van der Waals surface area contributed by atoms with Gasteiger partial charge in [0.2, 0.25) is 0 Å². The molecule has 5 rings (SSSR count). The second-order valence-electron chi connectivity index (χ2n) is 7.90. The standard InChI is InChI=1S/C17H25N5O2/c1-22-9-14(8-19-22)16(18)21-24-10-15(23)20-17-5-11-2-12(6-17)4-13(3-11)7-17/h8-9,11-13H,2-7,10H2,1H3,(H2,18,21)(H,20,23). The second-order valence-corrected chi connectivity index (χ2v) is 7.90. The van der Waals surface area contributed by atoms with Crippen LogP contribution < -0.4 is 11.1 Å². The van der Waals surface area contributed by atoms with Crippen LogP contribution in [0.4, 0.5) is 0 Å². The Morgan fingerprint density at radius 3 is 2.54 bits per heavy atom. The first-order valence-corrected chi connectivity index (χ1v) is 8.77. The van der Waals surface area contributed by atoms with Gasteiger partial charge >= 0.3 is 0 Å². The van der Waals surface area contributed by atoms with Gasteiger partial charge in [-0.3, -0.25) is 9.48 Å².